The molecular formula is C16H16O4. The predicted molar refractivity (Wildman–Crippen MR) is 74.3 cm³/mol. The van der Waals surface area contributed by atoms with Gasteiger partial charge in [0.05, 0.1) is 6.10 Å². The fourth-order valence-corrected chi connectivity index (χ4v) is 2.07. The molecule has 0 amide bonds. The Hall–Kier alpha value is -2.20. The van der Waals surface area contributed by atoms with E-state index in [0.29, 0.717) is 17.9 Å². The van der Waals surface area contributed by atoms with E-state index in [1.807, 2.05) is 43.3 Å². The number of ether oxygens (including phenoxy) is 3. The minimum absolute atomic E-state index is 0.252. The van der Waals surface area contributed by atoms with Crippen molar-refractivity contribution in [2.45, 2.75) is 19.4 Å². The number of hydrogen-bond donors (Lipinski definition) is 1. The van der Waals surface area contributed by atoms with E-state index in [0.717, 1.165) is 17.1 Å². The zero-order valence-corrected chi connectivity index (χ0v) is 11.2. The van der Waals surface area contributed by atoms with Crippen molar-refractivity contribution < 1.29 is 19.3 Å². The van der Waals surface area contributed by atoms with Gasteiger partial charge in [0.25, 0.3) is 0 Å². The quantitative estimate of drug-likeness (QED) is 0.922. The van der Waals surface area contributed by atoms with E-state index in [4.69, 9.17) is 14.2 Å². The Labute approximate surface area is 117 Å². The summed E-state index contributed by atoms with van der Waals surface area (Å²) in [4.78, 5) is 0. The number of hydrogen-bond acceptors (Lipinski definition) is 4. The van der Waals surface area contributed by atoms with Gasteiger partial charge in [0.2, 0.25) is 6.79 Å². The normalized spacial score (nSPS) is 14.1. The van der Waals surface area contributed by atoms with Crippen molar-refractivity contribution in [3.05, 3.63) is 48.0 Å². The maximum absolute atomic E-state index is 9.74. The topological polar surface area (TPSA) is 47.9 Å². The largest absolute Gasteiger partial charge is 0.457 e. The highest BCUT2D eigenvalue weighted by atomic mass is 16.7. The predicted octanol–water partition coefficient (Wildman–Crippen LogP) is 3.65. The summed E-state index contributed by atoms with van der Waals surface area (Å²) in [5, 5.41) is 9.74. The first-order chi connectivity index (χ1) is 9.76. The van der Waals surface area contributed by atoms with Crippen LogP contribution in [-0.4, -0.2) is 11.9 Å². The van der Waals surface area contributed by atoms with Crippen molar-refractivity contribution >= 4 is 0 Å². The van der Waals surface area contributed by atoms with Crippen molar-refractivity contribution in [1.82, 2.24) is 0 Å². The van der Waals surface area contributed by atoms with Gasteiger partial charge in [-0.3, -0.25) is 0 Å². The lowest BCUT2D eigenvalue weighted by Crippen LogP contribution is -1.94. The molecule has 1 heterocycles. The number of rotatable bonds is 4. The Morgan fingerprint density at radius 1 is 1.05 bits per heavy atom. The molecule has 2 aromatic carbocycles. The molecule has 2 aromatic rings. The summed E-state index contributed by atoms with van der Waals surface area (Å²) < 4.78 is 16.3. The number of fused-ring (bicyclic) bond motifs is 1. The molecule has 0 fully saturated rings. The monoisotopic (exact) mass is 272 g/mol. The number of aliphatic hydroxyl groups is 1. The molecule has 0 aliphatic carbocycles. The Kier molecular flexibility index (Phi) is 3.48. The van der Waals surface area contributed by atoms with Crippen LogP contribution in [0.3, 0.4) is 0 Å². The fraction of sp³-hybridized carbons (Fsp3) is 0.250. The van der Waals surface area contributed by atoms with Gasteiger partial charge in [0.15, 0.2) is 11.5 Å². The summed E-state index contributed by atoms with van der Waals surface area (Å²) in [6.07, 6.45) is 0.275. The standard InChI is InChI=1S/C16H16O4/c1-2-14(17)11-3-5-12(6-4-11)20-13-7-8-15-16(9-13)19-10-18-15/h3-9,14,17H,2,10H2,1H3. The molecule has 1 N–H and O–H groups in total. The van der Waals surface area contributed by atoms with Crippen LogP contribution in [-0.2, 0) is 0 Å². The summed E-state index contributed by atoms with van der Waals surface area (Å²) in [5.41, 5.74) is 0.894. The second-order valence-electron chi connectivity index (χ2n) is 4.61. The molecule has 0 bridgehead atoms. The smallest absolute Gasteiger partial charge is 0.231 e. The van der Waals surface area contributed by atoms with Crippen molar-refractivity contribution in [3.63, 3.8) is 0 Å². The van der Waals surface area contributed by atoms with Crippen molar-refractivity contribution in [2.24, 2.45) is 0 Å². The molecule has 1 aliphatic rings. The zero-order valence-electron chi connectivity index (χ0n) is 11.2. The second-order valence-corrected chi connectivity index (χ2v) is 4.61. The summed E-state index contributed by atoms with van der Waals surface area (Å²) in [6.45, 7) is 2.20. The van der Waals surface area contributed by atoms with E-state index in [1.165, 1.54) is 0 Å². The first kappa shape index (κ1) is 12.8. The lowest BCUT2D eigenvalue weighted by atomic mass is 10.1. The third kappa shape index (κ3) is 2.56. The molecule has 1 aliphatic heterocycles. The van der Waals surface area contributed by atoms with Gasteiger partial charge in [-0.1, -0.05) is 19.1 Å². The van der Waals surface area contributed by atoms with Crippen LogP contribution >= 0.6 is 0 Å². The van der Waals surface area contributed by atoms with E-state index in [1.54, 1.807) is 6.07 Å². The van der Waals surface area contributed by atoms with Gasteiger partial charge in [0.1, 0.15) is 11.5 Å². The van der Waals surface area contributed by atoms with Crippen LogP contribution in [0.25, 0.3) is 0 Å². The minimum atomic E-state index is -0.422. The van der Waals surface area contributed by atoms with Gasteiger partial charge in [-0.05, 0) is 36.2 Å². The van der Waals surface area contributed by atoms with Gasteiger partial charge in [-0.25, -0.2) is 0 Å². The maximum atomic E-state index is 9.74. The molecule has 3 rings (SSSR count). The summed E-state index contributed by atoms with van der Waals surface area (Å²) in [7, 11) is 0. The van der Waals surface area contributed by atoms with E-state index in [-0.39, 0.29) is 6.79 Å². The SMILES string of the molecule is CCC(O)c1ccc(Oc2ccc3c(c2)OCO3)cc1. The van der Waals surface area contributed by atoms with Crippen LogP contribution in [0, 0.1) is 0 Å². The molecular weight excluding hydrogens is 256 g/mol. The fourth-order valence-electron chi connectivity index (χ4n) is 2.07. The van der Waals surface area contributed by atoms with Gasteiger partial charge >= 0.3 is 0 Å². The highest BCUT2D eigenvalue weighted by molar-refractivity contribution is 5.48. The van der Waals surface area contributed by atoms with E-state index < -0.39 is 6.10 Å². The van der Waals surface area contributed by atoms with Crippen LogP contribution in [0.15, 0.2) is 42.5 Å². The zero-order chi connectivity index (χ0) is 13.9. The van der Waals surface area contributed by atoms with E-state index >= 15 is 0 Å². The van der Waals surface area contributed by atoms with Crippen molar-refractivity contribution in [1.29, 1.82) is 0 Å². The van der Waals surface area contributed by atoms with Crippen molar-refractivity contribution in [3.8, 4) is 23.0 Å². The Bertz CT molecular complexity index is 592. The third-order valence-electron chi connectivity index (χ3n) is 3.23. The number of aliphatic hydroxyl groups excluding tert-OH is 1. The molecule has 4 heteroatoms. The molecule has 0 saturated carbocycles. The first-order valence-electron chi connectivity index (χ1n) is 6.62. The molecule has 0 radical (unpaired) electrons. The molecule has 0 spiro atoms. The molecule has 104 valence electrons. The molecule has 4 nitrogen and oxygen atoms in total. The summed E-state index contributed by atoms with van der Waals surface area (Å²) in [6, 6.07) is 12.9. The highest BCUT2D eigenvalue weighted by Crippen LogP contribution is 2.36. The third-order valence-corrected chi connectivity index (χ3v) is 3.23. The van der Waals surface area contributed by atoms with Crippen LogP contribution in [0.2, 0.25) is 0 Å². The number of benzene rings is 2. The maximum Gasteiger partial charge on any atom is 0.231 e. The average molecular weight is 272 g/mol. The lowest BCUT2D eigenvalue weighted by molar-refractivity contribution is 0.173. The van der Waals surface area contributed by atoms with Crippen LogP contribution in [0.4, 0.5) is 0 Å². The van der Waals surface area contributed by atoms with Crippen LogP contribution in [0.1, 0.15) is 25.0 Å². The molecule has 0 aromatic heterocycles. The Morgan fingerprint density at radius 3 is 2.50 bits per heavy atom. The Balaban J connectivity index is 1.74. The van der Waals surface area contributed by atoms with Crippen molar-refractivity contribution in [2.75, 3.05) is 6.79 Å². The first-order valence-corrected chi connectivity index (χ1v) is 6.62. The Morgan fingerprint density at radius 2 is 1.75 bits per heavy atom. The van der Waals surface area contributed by atoms with Gasteiger partial charge in [0, 0.05) is 6.07 Å². The average Bonchev–Trinajstić information content (AvgIpc) is 2.95. The molecule has 0 saturated heterocycles. The minimum Gasteiger partial charge on any atom is -0.457 e. The molecule has 1 unspecified atom stereocenters. The van der Waals surface area contributed by atoms with Gasteiger partial charge < -0.3 is 19.3 Å². The van der Waals surface area contributed by atoms with Gasteiger partial charge in [-0.2, -0.15) is 0 Å². The van der Waals surface area contributed by atoms with E-state index in [9.17, 15) is 5.11 Å². The van der Waals surface area contributed by atoms with Crippen LogP contribution in [0.5, 0.6) is 23.0 Å². The van der Waals surface area contributed by atoms with E-state index in [2.05, 4.69) is 0 Å². The second kappa shape index (κ2) is 5.43. The summed E-state index contributed by atoms with van der Waals surface area (Å²) >= 11 is 0. The molecule has 20 heavy (non-hydrogen) atoms. The van der Waals surface area contributed by atoms with Crippen LogP contribution < -0.4 is 14.2 Å². The summed E-state index contributed by atoms with van der Waals surface area (Å²) in [5.74, 6) is 2.84. The lowest BCUT2D eigenvalue weighted by Gasteiger charge is -2.10. The van der Waals surface area contributed by atoms with Gasteiger partial charge in [-0.15, -0.1) is 0 Å². The highest BCUT2D eigenvalue weighted by Gasteiger charge is 2.14. The molecule has 1 atom stereocenters.